The molecule has 1 fully saturated rings. The second-order valence-electron chi connectivity index (χ2n) is 4.05. The van der Waals surface area contributed by atoms with Gasteiger partial charge >= 0.3 is 0 Å². The van der Waals surface area contributed by atoms with Crippen molar-refractivity contribution >= 4 is 23.4 Å². The molecule has 0 saturated carbocycles. The molecule has 2 heterocycles. The number of imide groups is 1. The molecule has 8 nitrogen and oxygen atoms in total. The molecule has 19 heavy (non-hydrogen) atoms. The smallest absolute Gasteiger partial charge is 0.270 e. The molecule has 0 aromatic carbocycles. The summed E-state index contributed by atoms with van der Waals surface area (Å²) in [6.45, 7) is 0. The standard InChI is InChI=1S/C11H13N5O3/c12-16-6-1-2-7(13-5-6)10(18)14-8-3-4-9(17)15-11(8)19/h1-2,5,8,16H,3-4,12H2,(H,14,18)(H,15,17,19). The van der Waals surface area contributed by atoms with Gasteiger partial charge in [0.25, 0.3) is 5.91 Å². The van der Waals surface area contributed by atoms with Gasteiger partial charge in [-0.15, -0.1) is 0 Å². The first kappa shape index (κ1) is 13.0. The summed E-state index contributed by atoms with van der Waals surface area (Å²) >= 11 is 0. The van der Waals surface area contributed by atoms with Crippen LogP contribution in [0.15, 0.2) is 18.3 Å². The van der Waals surface area contributed by atoms with E-state index >= 15 is 0 Å². The van der Waals surface area contributed by atoms with E-state index in [0.717, 1.165) is 0 Å². The number of hydrazine groups is 1. The third kappa shape index (κ3) is 3.05. The van der Waals surface area contributed by atoms with Crippen molar-refractivity contribution in [3.05, 3.63) is 24.0 Å². The van der Waals surface area contributed by atoms with Gasteiger partial charge in [-0.3, -0.25) is 25.5 Å². The molecule has 1 aliphatic heterocycles. The Bertz CT molecular complexity index is 514. The summed E-state index contributed by atoms with van der Waals surface area (Å²) in [6.07, 6.45) is 1.90. The maximum absolute atomic E-state index is 11.8. The molecule has 3 amide bonds. The van der Waals surface area contributed by atoms with E-state index in [4.69, 9.17) is 5.84 Å². The molecule has 1 unspecified atom stereocenters. The molecule has 1 saturated heterocycles. The lowest BCUT2D eigenvalue weighted by Gasteiger charge is -2.21. The maximum Gasteiger partial charge on any atom is 0.270 e. The Morgan fingerprint density at radius 2 is 2.21 bits per heavy atom. The van der Waals surface area contributed by atoms with Gasteiger partial charge in [0, 0.05) is 6.42 Å². The molecule has 8 heteroatoms. The van der Waals surface area contributed by atoms with Crippen LogP contribution in [0.2, 0.25) is 0 Å². The van der Waals surface area contributed by atoms with Gasteiger partial charge in [-0.25, -0.2) is 4.98 Å². The number of aromatic nitrogens is 1. The fourth-order valence-corrected chi connectivity index (χ4v) is 1.68. The lowest BCUT2D eigenvalue weighted by atomic mass is 10.1. The topological polar surface area (TPSA) is 126 Å². The van der Waals surface area contributed by atoms with Crippen LogP contribution >= 0.6 is 0 Å². The number of carbonyl (C=O) groups excluding carboxylic acids is 3. The zero-order chi connectivity index (χ0) is 13.8. The van der Waals surface area contributed by atoms with E-state index in [0.29, 0.717) is 12.1 Å². The van der Waals surface area contributed by atoms with Crippen LogP contribution in [0, 0.1) is 0 Å². The van der Waals surface area contributed by atoms with Crippen LogP contribution in [0.4, 0.5) is 5.69 Å². The van der Waals surface area contributed by atoms with E-state index in [1.54, 1.807) is 6.07 Å². The monoisotopic (exact) mass is 263 g/mol. The molecule has 0 spiro atoms. The lowest BCUT2D eigenvalue weighted by molar-refractivity contribution is -0.134. The number of amides is 3. The van der Waals surface area contributed by atoms with E-state index in [1.807, 2.05) is 0 Å². The molecule has 1 atom stereocenters. The predicted octanol–water partition coefficient (Wildman–Crippen LogP) is -1.10. The Labute approximate surface area is 108 Å². The fraction of sp³-hybridized carbons (Fsp3) is 0.273. The van der Waals surface area contributed by atoms with E-state index in [2.05, 4.69) is 21.0 Å². The van der Waals surface area contributed by atoms with E-state index in [1.165, 1.54) is 12.3 Å². The van der Waals surface area contributed by atoms with Crippen molar-refractivity contribution in [2.45, 2.75) is 18.9 Å². The minimum absolute atomic E-state index is 0.170. The van der Waals surface area contributed by atoms with Gasteiger partial charge in [0.05, 0.1) is 11.9 Å². The van der Waals surface area contributed by atoms with Gasteiger partial charge in [0.2, 0.25) is 11.8 Å². The molecule has 5 N–H and O–H groups in total. The number of piperidine rings is 1. The molecule has 2 rings (SSSR count). The highest BCUT2D eigenvalue weighted by Gasteiger charge is 2.28. The fourth-order valence-electron chi connectivity index (χ4n) is 1.68. The second-order valence-corrected chi connectivity index (χ2v) is 4.05. The number of anilines is 1. The van der Waals surface area contributed by atoms with Crippen molar-refractivity contribution in [1.29, 1.82) is 0 Å². The third-order valence-electron chi connectivity index (χ3n) is 2.71. The second kappa shape index (κ2) is 5.44. The van der Waals surface area contributed by atoms with E-state index < -0.39 is 17.9 Å². The summed E-state index contributed by atoms with van der Waals surface area (Å²) in [6, 6.07) is 2.36. The molecule has 1 aromatic rings. The van der Waals surface area contributed by atoms with E-state index in [9.17, 15) is 14.4 Å². The number of hydrogen-bond acceptors (Lipinski definition) is 6. The number of nitrogens with one attached hydrogen (secondary N) is 3. The predicted molar refractivity (Wildman–Crippen MR) is 65.7 cm³/mol. The van der Waals surface area contributed by atoms with Crippen LogP contribution in [0.5, 0.6) is 0 Å². The largest absolute Gasteiger partial charge is 0.339 e. The first-order chi connectivity index (χ1) is 9.10. The summed E-state index contributed by atoms with van der Waals surface area (Å²) in [4.78, 5) is 38.2. The van der Waals surface area contributed by atoms with Gasteiger partial charge in [0.15, 0.2) is 0 Å². The average Bonchev–Trinajstić information content (AvgIpc) is 2.42. The number of nitrogen functional groups attached to an aromatic ring is 1. The molecular weight excluding hydrogens is 250 g/mol. The van der Waals surface area contributed by atoms with Gasteiger partial charge in [0.1, 0.15) is 11.7 Å². The van der Waals surface area contributed by atoms with E-state index in [-0.39, 0.29) is 18.0 Å². The van der Waals surface area contributed by atoms with Crippen LogP contribution in [0.25, 0.3) is 0 Å². The summed E-state index contributed by atoms with van der Waals surface area (Å²) in [5, 5.41) is 4.69. The Morgan fingerprint density at radius 1 is 1.42 bits per heavy atom. The Balaban J connectivity index is 2.00. The van der Waals surface area contributed by atoms with Gasteiger partial charge in [-0.1, -0.05) is 0 Å². The first-order valence-corrected chi connectivity index (χ1v) is 5.67. The van der Waals surface area contributed by atoms with Crippen molar-refractivity contribution in [2.24, 2.45) is 5.84 Å². The molecule has 1 aromatic heterocycles. The van der Waals surface area contributed by atoms with Crippen molar-refractivity contribution in [2.75, 3.05) is 5.43 Å². The number of rotatable bonds is 3. The van der Waals surface area contributed by atoms with Crippen LogP contribution in [0.3, 0.4) is 0 Å². The molecular formula is C11H13N5O3. The summed E-state index contributed by atoms with van der Waals surface area (Å²) < 4.78 is 0. The maximum atomic E-state index is 11.8. The van der Waals surface area contributed by atoms with Crippen LogP contribution < -0.4 is 21.9 Å². The first-order valence-electron chi connectivity index (χ1n) is 5.67. The third-order valence-corrected chi connectivity index (χ3v) is 2.71. The van der Waals surface area contributed by atoms with Gasteiger partial charge < -0.3 is 10.7 Å². The molecule has 1 aliphatic rings. The normalized spacial score (nSPS) is 18.7. The van der Waals surface area contributed by atoms with Gasteiger partial charge in [-0.2, -0.15) is 0 Å². The van der Waals surface area contributed by atoms with Crippen LogP contribution in [-0.4, -0.2) is 28.7 Å². The highest BCUT2D eigenvalue weighted by atomic mass is 16.2. The molecule has 0 bridgehead atoms. The Kier molecular flexibility index (Phi) is 3.71. The molecule has 0 radical (unpaired) electrons. The lowest BCUT2D eigenvalue weighted by Crippen LogP contribution is -2.52. The van der Waals surface area contributed by atoms with Crippen LogP contribution in [-0.2, 0) is 9.59 Å². The Morgan fingerprint density at radius 3 is 2.79 bits per heavy atom. The SMILES string of the molecule is NNc1ccc(C(=O)NC2CCC(=O)NC2=O)nc1. The average molecular weight is 263 g/mol. The summed E-state index contributed by atoms with van der Waals surface area (Å²) in [5.41, 5.74) is 3.13. The highest BCUT2D eigenvalue weighted by Crippen LogP contribution is 2.07. The number of nitrogens with two attached hydrogens (primary N) is 1. The molecule has 100 valence electrons. The van der Waals surface area contributed by atoms with Crippen molar-refractivity contribution in [1.82, 2.24) is 15.6 Å². The number of nitrogens with zero attached hydrogens (tertiary/aromatic N) is 1. The summed E-state index contributed by atoms with van der Waals surface area (Å²) in [5.74, 6) is 3.88. The number of carbonyl (C=O) groups is 3. The summed E-state index contributed by atoms with van der Waals surface area (Å²) in [7, 11) is 0. The van der Waals surface area contributed by atoms with Crippen molar-refractivity contribution < 1.29 is 14.4 Å². The van der Waals surface area contributed by atoms with Crippen molar-refractivity contribution in [3.63, 3.8) is 0 Å². The highest BCUT2D eigenvalue weighted by molar-refractivity contribution is 6.03. The van der Waals surface area contributed by atoms with Crippen LogP contribution in [0.1, 0.15) is 23.3 Å². The molecule has 0 aliphatic carbocycles. The zero-order valence-electron chi connectivity index (χ0n) is 9.97. The van der Waals surface area contributed by atoms with Gasteiger partial charge in [-0.05, 0) is 18.6 Å². The number of hydrogen-bond donors (Lipinski definition) is 4. The van der Waals surface area contributed by atoms with Crippen molar-refractivity contribution in [3.8, 4) is 0 Å². The quantitative estimate of drug-likeness (QED) is 0.311. The minimum Gasteiger partial charge on any atom is -0.339 e. The number of pyridine rings is 1. The Hall–Kier alpha value is -2.48. The minimum atomic E-state index is -0.709. The zero-order valence-corrected chi connectivity index (χ0v) is 9.97.